The van der Waals surface area contributed by atoms with E-state index in [2.05, 4.69) is 0 Å². The Labute approximate surface area is 166 Å². The molecule has 0 bridgehead atoms. The summed E-state index contributed by atoms with van der Waals surface area (Å²) in [5.74, 6) is 1.56. The summed E-state index contributed by atoms with van der Waals surface area (Å²) in [6.45, 7) is 4.28. The van der Waals surface area contributed by atoms with Gasteiger partial charge in [-0.25, -0.2) is 0 Å². The van der Waals surface area contributed by atoms with Crippen LogP contribution in [0.5, 0.6) is 11.5 Å². The zero-order valence-electron chi connectivity index (χ0n) is 17.0. The quantitative estimate of drug-likeness (QED) is 0.616. The smallest absolute Gasteiger partial charge is 0.223 e. The lowest BCUT2D eigenvalue weighted by Crippen LogP contribution is -2.22. The molecule has 0 aliphatic rings. The molecule has 6 nitrogen and oxygen atoms in total. The molecule has 0 aliphatic heterocycles. The van der Waals surface area contributed by atoms with Crippen LogP contribution >= 0.6 is 0 Å². The topological polar surface area (TPSA) is 59.1 Å². The molecule has 2 aromatic carbocycles. The van der Waals surface area contributed by atoms with E-state index in [0.717, 1.165) is 35.7 Å². The Bertz CT molecular complexity index is 705. The number of nitrogens with zero attached hydrogens (tertiary/aromatic N) is 2. The number of amides is 2. The van der Waals surface area contributed by atoms with Gasteiger partial charge in [-0.2, -0.15) is 0 Å². The maximum Gasteiger partial charge on any atom is 0.223 e. The van der Waals surface area contributed by atoms with Crippen molar-refractivity contribution in [3.05, 3.63) is 48.5 Å². The summed E-state index contributed by atoms with van der Waals surface area (Å²) in [6.07, 6.45) is 1.75. The number of benzene rings is 2. The molecule has 0 aliphatic carbocycles. The molecule has 0 N–H and O–H groups in total. The van der Waals surface area contributed by atoms with Gasteiger partial charge in [0.2, 0.25) is 11.8 Å². The molecule has 150 valence electrons. The van der Waals surface area contributed by atoms with E-state index in [0.29, 0.717) is 13.2 Å². The molecule has 2 rings (SSSR count). The number of rotatable bonds is 9. The Hall–Kier alpha value is -3.02. The maximum atomic E-state index is 11.3. The van der Waals surface area contributed by atoms with Crippen molar-refractivity contribution in [3.8, 4) is 11.5 Å². The van der Waals surface area contributed by atoms with Gasteiger partial charge in [-0.1, -0.05) is 0 Å². The molecular formula is C22H28N2O4. The van der Waals surface area contributed by atoms with Crippen LogP contribution in [0.15, 0.2) is 48.5 Å². The standard InChI is InChI=1S/C22H28N2O4/c1-17(25)23(3)19-7-11-21(12-8-19)27-15-5-6-16-28-22-13-9-20(10-14-22)24(4)18(2)26/h7-14H,5-6,15-16H2,1-4H3. The first-order valence-corrected chi connectivity index (χ1v) is 9.33. The summed E-state index contributed by atoms with van der Waals surface area (Å²) in [6, 6.07) is 14.9. The second kappa shape index (κ2) is 10.3. The van der Waals surface area contributed by atoms with Gasteiger partial charge < -0.3 is 19.3 Å². The summed E-state index contributed by atoms with van der Waals surface area (Å²) in [5, 5.41) is 0. The van der Waals surface area contributed by atoms with Crippen LogP contribution < -0.4 is 19.3 Å². The minimum atomic E-state index is -0.00539. The van der Waals surface area contributed by atoms with Gasteiger partial charge in [0.15, 0.2) is 0 Å². The van der Waals surface area contributed by atoms with E-state index < -0.39 is 0 Å². The van der Waals surface area contributed by atoms with Crippen LogP contribution in [0, 0.1) is 0 Å². The summed E-state index contributed by atoms with van der Waals surface area (Å²) >= 11 is 0. The van der Waals surface area contributed by atoms with Crippen molar-refractivity contribution < 1.29 is 19.1 Å². The molecule has 0 aromatic heterocycles. The molecule has 0 heterocycles. The third-order valence-corrected chi connectivity index (χ3v) is 4.47. The number of carbonyl (C=O) groups is 2. The minimum absolute atomic E-state index is 0.00539. The molecule has 0 spiro atoms. The average molecular weight is 384 g/mol. The first-order valence-electron chi connectivity index (χ1n) is 9.33. The minimum Gasteiger partial charge on any atom is -0.494 e. The number of anilines is 2. The van der Waals surface area contributed by atoms with E-state index >= 15 is 0 Å². The van der Waals surface area contributed by atoms with E-state index in [1.54, 1.807) is 23.9 Å². The number of hydrogen-bond donors (Lipinski definition) is 0. The van der Waals surface area contributed by atoms with E-state index in [1.165, 1.54) is 13.8 Å². The number of ether oxygens (including phenoxy) is 2. The highest BCUT2D eigenvalue weighted by Crippen LogP contribution is 2.20. The second-order valence-corrected chi connectivity index (χ2v) is 6.55. The molecule has 6 heteroatoms. The Morgan fingerprint density at radius 2 is 1.00 bits per heavy atom. The van der Waals surface area contributed by atoms with Gasteiger partial charge in [0.05, 0.1) is 13.2 Å². The molecule has 0 atom stereocenters. The fraction of sp³-hybridized carbons (Fsp3) is 0.364. The van der Waals surface area contributed by atoms with Crippen molar-refractivity contribution in [2.75, 3.05) is 37.1 Å². The number of carbonyl (C=O) groups excluding carboxylic acids is 2. The molecule has 0 saturated carbocycles. The Morgan fingerprint density at radius 1 is 0.679 bits per heavy atom. The largest absolute Gasteiger partial charge is 0.494 e. The maximum absolute atomic E-state index is 11.3. The Balaban J connectivity index is 1.65. The molecular weight excluding hydrogens is 356 g/mol. The summed E-state index contributed by atoms with van der Waals surface area (Å²) in [4.78, 5) is 25.9. The van der Waals surface area contributed by atoms with Crippen molar-refractivity contribution in [2.45, 2.75) is 26.7 Å². The van der Waals surface area contributed by atoms with Gasteiger partial charge in [0, 0.05) is 39.3 Å². The van der Waals surface area contributed by atoms with Gasteiger partial charge in [0.1, 0.15) is 11.5 Å². The lowest BCUT2D eigenvalue weighted by Gasteiger charge is -2.15. The molecule has 0 unspecified atom stereocenters. The Kier molecular flexibility index (Phi) is 7.87. The predicted molar refractivity (Wildman–Crippen MR) is 111 cm³/mol. The average Bonchev–Trinajstić information content (AvgIpc) is 2.70. The van der Waals surface area contributed by atoms with Gasteiger partial charge in [0.25, 0.3) is 0 Å². The van der Waals surface area contributed by atoms with E-state index in [9.17, 15) is 9.59 Å². The molecule has 0 fully saturated rings. The first-order chi connectivity index (χ1) is 13.4. The van der Waals surface area contributed by atoms with Crippen molar-refractivity contribution in [1.82, 2.24) is 0 Å². The van der Waals surface area contributed by atoms with Crippen LogP contribution in [-0.4, -0.2) is 39.1 Å². The molecule has 2 amide bonds. The van der Waals surface area contributed by atoms with Crippen molar-refractivity contribution in [3.63, 3.8) is 0 Å². The van der Waals surface area contributed by atoms with Crippen LogP contribution in [0.2, 0.25) is 0 Å². The lowest BCUT2D eigenvalue weighted by atomic mass is 10.2. The molecule has 0 saturated heterocycles. The van der Waals surface area contributed by atoms with Crippen LogP contribution in [0.3, 0.4) is 0 Å². The van der Waals surface area contributed by atoms with Gasteiger partial charge in [-0.3, -0.25) is 9.59 Å². The van der Waals surface area contributed by atoms with E-state index in [4.69, 9.17) is 9.47 Å². The summed E-state index contributed by atoms with van der Waals surface area (Å²) in [5.41, 5.74) is 1.68. The molecule has 2 aromatic rings. The highest BCUT2D eigenvalue weighted by atomic mass is 16.5. The van der Waals surface area contributed by atoms with E-state index in [-0.39, 0.29) is 11.8 Å². The third kappa shape index (κ3) is 6.30. The molecule has 28 heavy (non-hydrogen) atoms. The molecule has 0 radical (unpaired) electrons. The fourth-order valence-corrected chi connectivity index (χ4v) is 2.48. The number of unbranched alkanes of at least 4 members (excludes halogenated alkanes) is 1. The third-order valence-electron chi connectivity index (χ3n) is 4.47. The zero-order chi connectivity index (χ0) is 20.5. The van der Waals surface area contributed by atoms with Crippen molar-refractivity contribution >= 4 is 23.2 Å². The van der Waals surface area contributed by atoms with Crippen molar-refractivity contribution in [1.29, 1.82) is 0 Å². The predicted octanol–water partition coefficient (Wildman–Crippen LogP) is 3.89. The van der Waals surface area contributed by atoms with Gasteiger partial charge in [-0.15, -0.1) is 0 Å². The van der Waals surface area contributed by atoms with E-state index in [1.807, 2.05) is 48.5 Å². The Morgan fingerprint density at radius 3 is 1.29 bits per heavy atom. The lowest BCUT2D eigenvalue weighted by molar-refractivity contribution is -0.117. The monoisotopic (exact) mass is 384 g/mol. The summed E-state index contributed by atoms with van der Waals surface area (Å²) < 4.78 is 11.4. The van der Waals surface area contributed by atoms with Crippen LogP contribution in [-0.2, 0) is 9.59 Å². The van der Waals surface area contributed by atoms with Gasteiger partial charge >= 0.3 is 0 Å². The van der Waals surface area contributed by atoms with Crippen LogP contribution in [0.1, 0.15) is 26.7 Å². The first kappa shape index (κ1) is 21.3. The highest BCUT2D eigenvalue weighted by molar-refractivity contribution is 5.91. The van der Waals surface area contributed by atoms with Crippen LogP contribution in [0.4, 0.5) is 11.4 Å². The fourth-order valence-electron chi connectivity index (χ4n) is 2.48. The van der Waals surface area contributed by atoms with Crippen molar-refractivity contribution in [2.24, 2.45) is 0 Å². The highest BCUT2D eigenvalue weighted by Gasteiger charge is 2.06. The number of hydrogen-bond acceptors (Lipinski definition) is 4. The normalized spacial score (nSPS) is 10.3. The second-order valence-electron chi connectivity index (χ2n) is 6.55. The summed E-state index contributed by atoms with van der Waals surface area (Å²) in [7, 11) is 3.49. The zero-order valence-corrected chi connectivity index (χ0v) is 17.0. The van der Waals surface area contributed by atoms with Gasteiger partial charge in [-0.05, 0) is 61.4 Å². The SMILES string of the molecule is CC(=O)N(C)c1ccc(OCCCCOc2ccc(N(C)C(C)=O)cc2)cc1. The van der Waals surface area contributed by atoms with Crippen LogP contribution in [0.25, 0.3) is 0 Å².